The molecule has 1 unspecified atom stereocenters. The average Bonchev–Trinajstić information content (AvgIpc) is 2.66. The second kappa shape index (κ2) is 5.80. The van der Waals surface area contributed by atoms with E-state index in [0.717, 1.165) is 37.3 Å². The summed E-state index contributed by atoms with van der Waals surface area (Å²) in [5, 5.41) is 0.736. The van der Waals surface area contributed by atoms with Crippen molar-refractivity contribution in [1.29, 1.82) is 0 Å². The Hall–Kier alpha value is -0.150. The minimum absolute atomic E-state index is 0.0166. The Bertz CT molecular complexity index is 208. The first-order chi connectivity index (χ1) is 7.06. The van der Waals surface area contributed by atoms with Crippen LogP contribution in [0.3, 0.4) is 0 Å². The highest BCUT2D eigenvalue weighted by Gasteiger charge is 2.25. The van der Waals surface area contributed by atoms with Gasteiger partial charge in [-0.15, -0.1) is 0 Å². The summed E-state index contributed by atoms with van der Waals surface area (Å²) in [7, 11) is 0. The molecule has 0 aromatic rings. The Labute approximate surface area is 98.3 Å². The molecular formula is C12H22O2S. The Kier molecular flexibility index (Phi) is 5.00. The molecule has 1 atom stereocenters. The molecule has 1 rings (SSSR count). The normalized spacial score (nSPS) is 21.7. The van der Waals surface area contributed by atoms with Gasteiger partial charge in [-0.1, -0.05) is 27.2 Å². The third kappa shape index (κ3) is 4.07. The van der Waals surface area contributed by atoms with Gasteiger partial charge in [0.15, 0.2) is 5.05 Å². The van der Waals surface area contributed by atoms with E-state index in [1.165, 1.54) is 0 Å². The van der Waals surface area contributed by atoms with Crippen LogP contribution in [0, 0.1) is 5.41 Å². The lowest BCUT2D eigenvalue weighted by Gasteiger charge is -2.25. The maximum atomic E-state index is 5.65. The van der Waals surface area contributed by atoms with Crippen molar-refractivity contribution in [2.24, 2.45) is 5.41 Å². The Balaban J connectivity index is 2.27. The molecule has 1 aliphatic heterocycles. The summed E-state index contributed by atoms with van der Waals surface area (Å²) in [6.45, 7) is 7.97. The monoisotopic (exact) mass is 230 g/mol. The number of rotatable bonds is 5. The number of thiocarbonyl (C=S) groups is 1. The SMILES string of the molecule is CCCC(C)(C)C(=S)OCC1CCCO1. The van der Waals surface area contributed by atoms with Gasteiger partial charge in [-0.2, -0.15) is 0 Å². The van der Waals surface area contributed by atoms with Crippen molar-refractivity contribution in [3.8, 4) is 0 Å². The van der Waals surface area contributed by atoms with Crippen LogP contribution in [0.1, 0.15) is 46.5 Å². The molecule has 3 heteroatoms. The summed E-state index contributed by atoms with van der Waals surface area (Å²) in [6, 6.07) is 0. The molecule has 0 amide bonds. The first kappa shape index (κ1) is 12.9. The Morgan fingerprint density at radius 1 is 1.53 bits per heavy atom. The lowest BCUT2D eigenvalue weighted by molar-refractivity contribution is 0.0602. The topological polar surface area (TPSA) is 18.5 Å². The van der Waals surface area contributed by atoms with E-state index in [4.69, 9.17) is 21.7 Å². The van der Waals surface area contributed by atoms with Crippen LogP contribution in [-0.2, 0) is 9.47 Å². The van der Waals surface area contributed by atoms with Crippen molar-refractivity contribution in [2.75, 3.05) is 13.2 Å². The van der Waals surface area contributed by atoms with E-state index >= 15 is 0 Å². The predicted molar refractivity (Wildman–Crippen MR) is 66.2 cm³/mol. The van der Waals surface area contributed by atoms with Crippen LogP contribution in [0.25, 0.3) is 0 Å². The van der Waals surface area contributed by atoms with Gasteiger partial charge in [0.2, 0.25) is 0 Å². The molecule has 0 radical (unpaired) electrons. The molecule has 1 aliphatic rings. The number of ether oxygens (including phenoxy) is 2. The highest BCUT2D eigenvalue weighted by molar-refractivity contribution is 7.80. The van der Waals surface area contributed by atoms with Gasteiger partial charge in [-0.25, -0.2) is 0 Å². The number of hydrogen-bond donors (Lipinski definition) is 0. The molecule has 0 aromatic heterocycles. The van der Waals surface area contributed by atoms with E-state index in [-0.39, 0.29) is 11.5 Å². The van der Waals surface area contributed by atoms with Crippen LogP contribution in [-0.4, -0.2) is 24.4 Å². The van der Waals surface area contributed by atoms with Crippen molar-refractivity contribution < 1.29 is 9.47 Å². The highest BCUT2D eigenvalue weighted by atomic mass is 32.1. The van der Waals surface area contributed by atoms with E-state index in [0.29, 0.717) is 6.61 Å². The minimum Gasteiger partial charge on any atom is -0.484 e. The van der Waals surface area contributed by atoms with Crippen molar-refractivity contribution in [3.63, 3.8) is 0 Å². The molecule has 15 heavy (non-hydrogen) atoms. The van der Waals surface area contributed by atoms with Crippen LogP contribution in [0.4, 0.5) is 0 Å². The van der Waals surface area contributed by atoms with Gasteiger partial charge in [0.05, 0.1) is 6.10 Å². The molecule has 0 aromatic carbocycles. The molecule has 0 spiro atoms. The smallest absolute Gasteiger partial charge is 0.165 e. The molecule has 0 aliphatic carbocycles. The first-order valence-corrected chi connectivity index (χ1v) is 6.26. The summed E-state index contributed by atoms with van der Waals surface area (Å²) in [6.07, 6.45) is 4.74. The first-order valence-electron chi connectivity index (χ1n) is 5.85. The second-order valence-electron chi connectivity index (χ2n) is 4.87. The largest absolute Gasteiger partial charge is 0.484 e. The zero-order valence-corrected chi connectivity index (χ0v) is 10.9. The quantitative estimate of drug-likeness (QED) is 0.675. The van der Waals surface area contributed by atoms with E-state index in [1.54, 1.807) is 0 Å². The Morgan fingerprint density at radius 3 is 2.80 bits per heavy atom. The molecule has 0 saturated carbocycles. The van der Waals surface area contributed by atoms with E-state index in [1.807, 2.05) is 0 Å². The van der Waals surface area contributed by atoms with Gasteiger partial charge in [0.25, 0.3) is 0 Å². The highest BCUT2D eigenvalue weighted by Crippen LogP contribution is 2.25. The van der Waals surface area contributed by atoms with Gasteiger partial charge < -0.3 is 9.47 Å². The fraction of sp³-hybridized carbons (Fsp3) is 0.917. The molecular weight excluding hydrogens is 208 g/mol. The summed E-state index contributed by atoms with van der Waals surface area (Å²) in [5.41, 5.74) is 0.0166. The van der Waals surface area contributed by atoms with Crippen LogP contribution in [0.15, 0.2) is 0 Å². The third-order valence-electron chi connectivity index (χ3n) is 2.85. The van der Waals surface area contributed by atoms with E-state index in [2.05, 4.69) is 20.8 Å². The summed E-state index contributed by atoms with van der Waals surface area (Å²) >= 11 is 5.31. The van der Waals surface area contributed by atoms with Crippen LogP contribution in [0.2, 0.25) is 0 Å². The standard InChI is InChI=1S/C12H22O2S/c1-4-7-12(2,3)11(15)14-9-10-6-5-8-13-10/h10H,4-9H2,1-3H3. The van der Waals surface area contributed by atoms with Crippen LogP contribution in [0.5, 0.6) is 0 Å². The molecule has 1 heterocycles. The van der Waals surface area contributed by atoms with Crippen LogP contribution >= 0.6 is 12.2 Å². The van der Waals surface area contributed by atoms with Gasteiger partial charge in [0.1, 0.15) is 6.61 Å². The van der Waals surface area contributed by atoms with Crippen molar-refractivity contribution in [1.82, 2.24) is 0 Å². The average molecular weight is 230 g/mol. The van der Waals surface area contributed by atoms with Crippen molar-refractivity contribution >= 4 is 17.3 Å². The lowest BCUT2D eigenvalue weighted by atomic mass is 9.89. The van der Waals surface area contributed by atoms with Crippen molar-refractivity contribution in [2.45, 2.75) is 52.6 Å². The van der Waals surface area contributed by atoms with E-state index < -0.39 is 0 Å². The third-order valence-corrected chi connectivity index (χ3v) is 3.52. The second-order valence-corrected chi connectivity index (χ2v) is 5.24. The maximum Gasteiger partial charge on any atom is 0.165 e. The maximum absolute atomic E-state index is 5.65. The molecule has 2 nitrogen and oxygen atoms in total. The van der Waals surface area contributed by atoms with Crippen LogP contribution < -0.4 is 0 Å². The lowest BCUT2D eigenvalue weighted by Crippen LogP contribution is -2.28. The molecule has 0 N–H and O–H groups in total. The predicted octanol–water partition coefficient (Wildman–Crippen LogP) is 3.34. The van der Waals surface area contributed by atoms with E-state index in [9.17, 15) is 0 Å². The molecule has 1 saturated heterocycles. The summed E-state index contributed by atoms with van der Waals surface area (Å²) < 4.78 is 11.1. The summed E-state index contributed by atoms with van der Waals surface area (Å²) in [4.78, 5) is 0. The fourth-order valence-corrected chi connectivity index (χ4v) is 2.04. The zero-order valence-electron chi connectivity index (χ0n) is 10.0. The minimum atomic E-state index is 0.0166. The molecule has 1 fully saturated rings. The van der Waals surface area contributed by atoms with Gasteiger partial charge in [-0.05, 0) is 31.5 Å². The fourth-order valence-electron chi connectivity index (χ4n) is 1.87. The van der Waals surface area contributed by atoms with Crippen molar-refractivity contribution in [3.05, 3.63) is 0 Å². The molecule has 0 bridgehead atoms. The van der Waals surface area contributed by atoms with Gasteiger partial charge >= 0.3 is 0 Å². The summed E-state index contributed by atoms with van der Waals surface area (Å²) in [5.74, 6) is 0. The van der Waals surface area contributed by atoms with Gasteiger partial charge in [-0.3, -0.25) is 0 Å². The Morgan fingerprint density at radius 2 is 2.27 bits per heavy atom. The number of hydrogen-bond acceptors (Lipinski definition) is 3. The van der Waals surface area contributed by atoms with Gasteiger partial charge in [0, 0.05) is 12.0 Å². The molecule has 88 valence electrons. The zero-order chi connectivity index (χ0) is 11.3.